The van der Waals surface area contributed by atoms with Crippen LogP contribution < -0.4 is 10.6 Å². The molecule has 1 fully saturated rings. The molecule has 0 aliphatic carbocycles. The van der Waals surface area contributed by atoms with Crippen LogP contribution in [0.15, 0.2) is 0 Å². The zero-order valence-electron chi connectivity index (χ0n) is 11.9. The van der Waals surface area contributed by atoms with Gasteiger partial charge < -0.3 is 10.6 Å². The van der Waals surface area contributed by atoms with Crippen molar-refractivity contribution in [1.29, 1.82) is 5.26 Å². The van der Waals surface area contributed by atoms with Gasteiger partial charge in [0.25, 0.3) is 0 Å². The molecule has 0 bridgehead atoms. The highest BCUT2D eigenvalue weighted by molar-refractivity contribution is 5.65. The maximum absolute atomic E-state index is 9.32. The van der Waals surface area contributed by atoms with Gasteiger partial charge >= 0.3 is 0 Å². The average molecular weight is 261 g/mol. The zero-order chi connectivity index (χ0) is 13.8. The van der Waals surface area contributed by atoms with Gasteiger partial charge in [-0.1, -0.05) is 20.3 Å². The molecule has 1 unspecified atom stereocenters. The molecule has 1 aliphatic heterocycles. The third kappa shape index (κ3) is 2.83. The molecule has 1 aromatic rings. The Balaban J connectivity index is 2.26. The topological polar surface area (TPSA) is 70.9 Å². The van der Waals surface area contributed by atoms with Gasteiger partial charge in [0.2, 0.25) is 0 Å². The molecule has 1 saturated heterocycles. The largest absolute Gasteiger partial charge is 0.383 e. The van der Waals surface area contributed by atoms with Crippen molar-refractivity contribution in [1.82, 2.24) is 9.78 Å². The van der Waals surface area contributed by atoms with Crippen molar-refractivity contribution in [2.75, 3.05) is 23.7 Å². The van der Waals surface area contributed by atoms with E-state index in [-0.39, 0.29) is 0 Å². The fourth-order valence-corrected chi connectivity index (χ4v) is 2.65. The molecule has 1 aliphatic rings. The van der Waals surface area contributed by atoms with Gasteiger partial charge in [0.05, 0.1) is 0 Å². The molecule has 0 saturated carbocycles. The molecule has 0 amide bonds. The third-order valence-electron chi connectivity index (χ3n) is 3.77. The van der Waals surface area contributed by atoms with Crippen LogP contribution >= 0.6 is 0 Å². The molecular formula is C14H23N5. The van der Waals surface area contributed by atoms with E-state index in [1.807, 2.05) is 0 Å². The van der Waals surface area contributed by atoms with E-state index in [0.717, 1.165) is 44.7 Å². The number of hydrogen-bond donors (Lipinski definition) is 1. The van der Waals surface area contributed by atoms with Crippen LogP contribution in [0.25, 0.3) is 0 Å². The van der Waals surface area contributed by atoms with E-state index in [9.17, 15) is 5.26 Å². The van der Waals surface area contributed by atoms with Crippen LogP contribution in [-0.4, -0.2) is 22.9 Å². The van der Waals surface area contributed by atoms with Gasteiger partial charge in [-0.2, -0.15) is 10.4 Å². The zero-order valence-corrected chi connectivity index (χ0v) is 11.9. The lowest BCUT2D eigenvalue weighted by atomic mass is 10.0. The molecule has 1 aromatic heterocycles. The standard InChI is InChI=1S/C14H23N5/c1-3-4-8-19-13(16)12(9-15)14(17-19)18-7-5-6-11(2)10-18/h11H,3-8,10,16H2,1-2H3. The lowest BCUT2D eigenvalue weighted by molar-refractivity contribution is 0.442. The highest BCUT2D eigenvalue weighted by Gasteiger charge is 2.24. The third-order valence-corrected chi connectivity index (χ3v) is 3.77. The fraction of sp³-hybridized carbons (Fsp3) is 0.714. The summed E-state index contributed by atoms with van der Waals surface area (Å²) in [6, 6.07) is 2.22. The first kappa shape index (κ1) is 13.7. The SMILES string of the molecule is CCCCn1nc(N2CCCC(C)C2)c(C#N)c1N. The maximum Gasteiger partial charge on any atom is 0.170 e. The second-order valence-electron chi connectivity index (χ2n) is 5.47. The molecule has 0 spiro atoms. The molecule has 104 valence electrons. The number of rotatable bonds is 4. The Morgan fingerprint density at radius 1 is 1.53 bits per heavy atom. The van der Waals surface area contributed by atoms with Gasteiger partial charge in [0, 0.05) is 19.6 Å². The van der Waals surface area contributed by atoms with Crippen LogP contribution in [0.3, 0.4) is 0 Å². The van der Waals surface area contributed by atoms with E-state index in [1.54, 1.807) is 4.68 Å². The lowest BCUT2D eigenvalue weighted by Crippen LogP contribution is -2.35. The number of aromatic nitrogens is 2. The second-order valence-corrected chi connectivity index (χ2v) is 5.47. The summed E-state index contributed by atoms with van der Waals surface area (Å²) in [6.45, 7) is 7.12. The predicted octanol–water partition coefficient (Wildman–Crippen LogP) is 2.37. The summed E-state index contributed by atoms with van der Waals surface area (Å²) < 4.78 is 1.79. The monoisotopic (exact) mass is 261 g/mol. The minimum absolute atomic E-state index is 0.518. The van der Waals surface area contributed by atoms with Crippen LogP contribution in [0, 0.1) is 17.2 Å². The second kappa shape index (κ2) is 5.96. The molecule has 5 heteroatoms. The summed E-state index contributed by atoms with van der Waals surface area (Å²) in [5.41, 5.74) is 6.59. The van der Waals surface area contributed by atoms with Crippen molar-refractivity contribution in [2.24, 2.45) is 5.92 Å². The summed E-state index contributed by atoms with van der Waals surface area (Å²) in [5.74, 6) is 1.95. The van der Waals surface area contributed by atoms with Gasteiger partial charge in [0.1, 0.15) is 17.5 Å². The van der Waals surface area contributed by atoms with Crippen molar-refractivity contribution in [2.45, 2.75) is 46.1 Å². The highest BCUT2D eigenvalue weighted by Crippen LogP contribution is 2.28. The molecule has 0 aromatic carbocycles. The van der Waals surface area contributed by atoms with Crippen LogP contribution in [0.5, 0.6) is 0 Å². The minimum atomic E-state index is 0.518. The smallest absolute Gasteiger partial charge is 0.170 e. The van der Waals surface area contributed by atoms with E-state index in [0.29, 0.717) is 17.3 Å². The van der Waals surface area contributed by atoms with Crippen molar-refractivity contribution >= 4 is 11.6 Å². The number of aryl methyl sites for hydroxylation is 1. The molecule has 2 N–H and O–H groups in total. The van der Waals surface area contributed by atoms with E-state index in [2.05, 4.69) is 29.9 Å². The van der Waals surface area contributed by atoms with Gasteiger partial charge in [-0.15, -0.1) is 0 Å². The quantitative estimate of drug-likeness (QED) is 0.903. The van der Waals surface area contributed by atoms with Crippen LogP contribution in [0.1, 0.15) is 45.1 Å². The summed E-state index contributed by atoms with van der Waals surface area (Å²) in [4.78, 5) is 2.21. The fourth-order valence-electron chi connectivity index (χ4n) is 2.65. The summed E-state index contributed by atoms with van der Waals surface area (Å²) in [5, 5.41) is 13.9. The first-order valence-corrected chi connectivity index (χ1v) is 7.18. The lowest BCUT2D eigenvalue weighted by Gasteiger charge is -2.31. The number of piperidine rings is 1. The van der Waals surface area contributed by atoms with E-state index >= 15 is 0 Å². The summed E-state index contributed by atoms with van der Waals surface area (Å²) >= 11 is 0. The van der Waals surface area contributed by atoms with E-state index in [1.165, 1.54) is 6.42 Å². The summed E-state index contributed by atoms with van der Waals surface area (Å²) in [7, 11) is 0. The Morgan fingerprint density at radius 3 is 2.95 bits per heavy atom. The van der Waals surface area contributed by atoms with Crippen molar-refractivity contribution in [3.8, 4) is 6.07 Å². The normalized spacial score (nSPS) is 19.4. The molecule has 5 nitrogen and oxygen atoms in total. The molecular weight excluding hydrogens is 238 g/mol. The number of nitrogens with zero attached hydrogens (tertiary/aromatic N) is 4. The van der Waals surface area contributed by atoms with Gasteiger partial charge in [-0.25, -0.2) is 4.68 Å². The first-order valence-electron chi connectivity index (χ1n) is 7.18. The van der Waals surface area contributed by atoms with Crippen molar-refractivity contribution in [3.63, 3.8) is 0 Å². The maximum atomic E-state index is 9.32. The summed E-state index contributed by atoms with van der Waals surface area (Å²) in [6.07, 6.45) is 4.54. The van der Waals surface area contributed by atoms with Gasteiger partial charge in [-0.3, -0.25) is 0 Å². The molecule has 2 rings (SSSR count). The van der Waals surface area contributed by atoms with Gasteiger partial charge in [0.15, 0.2) is 5.82 Å². The Bertz CT molecular complexity index is 471. The Morgan fingerprint density at radius 2 is 2.32 bits per heavy atom. The molecule has 0 radical (unpaired) electrons. The van der Waals surface area contributed by atoms with Crippen molar-refractivity contribution in [3.05, 3.63) is 5.56 Å². The van der Waals surface area contributed by atoms with E-state index < -0.39 is 0 Å². The number of unbranched alkanes of at least 4 members (excludes halogenated alkanes) is 1. The van der Waals surface area contributed by atoms with Crippen molar-refractivity contribution < 1.29 is 0 Å². The Hall–Kier alpha value is -1.70. The molecule has 19 heavy (non-hydrogen) atoms. The average Bonchev–Trinajstić information content (AvgIpc) is 2.73. The number of hydrogen-bond acceptors (Lipinski definition) is 4. The number of nitrogen functional groups attached to an aromatic ring is 1. The number of nitriles is 1. The first-order chi connectivity index (χ1) is 9.17. The van der Waals surface area contributed by atoms with E-state index in [4.69, 9.17) is 5.73 Å². The molecule has 2 heterocycles. The van der Waals surface area contributed by atoms with Crippen LogP contribution in [0.4, 0.5) is 11.6 Å². The minimum Gasteiger partial charge on any atom is -0.383 e. The Labute approximate surface area is 115 Å². The number of nitrogens with two attached hydrogens (primary N) is 1. The van der Waals surface area contributed by atoms with Crippen LogP contribution in [-0.2, 0) is 6.54 Å². The highest BCUT2D eigenvalue weighted by atomic mass is 15.4. The predicted molar refractivity (Wildman–Crippen MR) is 76.9 cm³/mol. The Kier molecular flexibility index (Phi) is 4.31. The van der Waals surface area contributed by atoms with Crippen LogP contribution in [0.2, 0.25) is 0 Å². The van der Waals surface area contributed by atoms with Gasteiger partial charge in [-0.05, 0) is 25.2 Å². The number of anilines is 2. The molecule has 1 atom stereocenters.